The molecular weight excluding hydrogens is 274 g/mol. The highest BCUT2D eigenvalue weighted by Gasteiger charge is 2.17. The first-order chi connectivity index (χ1) is 9.60. The van der Waals surface area contributed by atoms with E-state index in [1.165, 1.54) is 11.8 Å². The third kappa shape index (κ3) is 3.74. The van der Waals surface area contributed by atoms with Crippen LogP contribution >= 0.6 is 11.8 Å². The Morgan fingerprint density at radius 3 is 3.05 bits per heavy atom. The van der Waals surface area contributed by atoms with E-state index in [-0.39, 0.29) is 17.7 Å². The van der Waals surface area contributed by atoms with Gasteiger partial charge in [-0.1, -0.05) is 13.8 Å². The molecule has 0 aromatic heterocycles. The quantitative estimate of drug-likeness (QED) is 0.775. The normalized spacial score (nSPS) is 15.2. The predicted octanol–water partition coefficient (Wildman–Crippen LogP) is 1.91. The van der Waals surface area contributed by atoms with E-state index >= 15 is 0 Å². The number of thioether (sulfide) groups is 1. The Morgan fingerprint density at radius 1 is 1.50 bits per heavy atom. The average molecular weight is 293 g/mol. The van der Waals surface area contributed by atoms with Crippen LogP contribution in [0, 0.1) is 5.92 Å². The zero-order chi connectivity index (χ0) is 14.5. The molecule has 1 aromatic rings. The SMILES string of the molecule is CCNCC(C)C(=O)Nc1ccc2c(c1)NC(=O)CS2. The summed E-state index contributed by atoms with van der Waals surface area (Å²) in [6, 6.07) is 5.59. The van der Waals surface area contributed by atoms with Crippen LogP contribution in [0.1, 0.15) is 13.8 Å². The molecule has 20 heavy (non-hydrogen) atoms. The van der Waals surface area contributed by atoms with Crippen LogP contribution in [0.2, 0.25) is 0 Å². The van der Waals surface area contributed by atoms with E-state index < -0.39 is 0 Å². The Labute approximate surface area is 122 Å². The molecule has 5 nitrogen and oxygen atoms in total. The third-order valence-electron chi connectivity index (χ3n) is 3.03. The first-order valence-electron chi connectivity index (χ1n) is 6.68. The number of hydrogen-bond donors (Lipinski definition) is 3. The van der Waals surface area contributed by atoms with Crippen molar-refractivity contribution in [3.8, 4) is 0 Å². The third-order valence-corrected chi connectivity index (χ3v) is 4.10. The van der Waals surface area contributed by atoms with Crippen LogP contribution in [0.4, 0.5) is 11.4 Å². The van der Waals surface area contributed by atoms with Gasteiger partial charge in [-0.15, -0.1) is 11.8 Å². The first kappa shape index (κ1) is 14.9. The monoisotopic (exact) mass is 293 g/mol. The van der Waals surface area contributed by atoms with E-state index in [0.29, 0.717) is 18.0 Å². The van der Waals surface area contributed by atoms with Gasteiger partial charge in [0.05, 0.1) is 11.4 Å². The molecule has 0 spiro atoms. The van der Waals surface area contributed by atoms with Crippen LogP contribution in [0.25, 0.3) is 0 Å². The molecule has 1 unspecified atom stereocenters. The second kappa shape index (κ2) is 6.76. The van der Waals surface area contributed by atoms with Crippen molar-refractivity contribution in [1.82, 2.24) is 5.32 Å². The highest BCUT2D eigenvalue weighted by Crippen LogP contribution is 2.33. The Morgan fingerprint density at radius 2 is 2.30 bits per heavy atom. The molecule has 1 aromatic carbocycles. The summed E-state index contributed by atoms with van der Waals surface area (Å²) in [4.78, 5) is 24.4. The van der Waals surface area contributed by atoms with Crippen molar-refractivity contribution in [3.05, 3.63) is 18.2 Å². The molecule has 108 valence electrons. The Bertz CT molecular complexity index is 519. The Balaban J connectivity index is 2.01. The Hall–Kier alpha value is -1.53. The minimum absolute atomic E-state index is 0.00788. The number of anilines is 2. The van der Waals surface area contributed by atoms with E-state index in [4.69, 9.17) is 0 Å². The summed E-state index contributed by atoms with van der Waals surface area (Å²) in [7, 11) is 0. The molecule has 1 aliphatic heterocycles. The van der Waals surface area contributed by atoms with Crippen LogP contribution in [0.5, 0.6) is 0 Å². The van der Waals surface area contributed by atoms with Crippen molar-refractivity contribution >= 4 is 35.0 Å². The fraction of sp³-hybridized carbons (Fsp3) is 0.429. The minimum atomic E-state index is -0.102. The van der Waals surface area contributed by atoms with Crippen molar-refractivity contribution in [2.24, 2.45) is 5.92 Å². The van der Waals surface area contributed by atoms with E-state index in [1.54, 1.807) is 6.07 Å². The molecule has 0 bridgehead atoms. The molecule has 0 aliphatic carbocycles. The Kier molecular flexibility index (Phi) is 5.03. The highest BCUT2D eigenvalue weighted by atomic mass is 32.2. The maximum atomic E-state index is 12.0. The van der Waals surface area contributed by atoms with Crippen LogP contribution in [0.15, 0.2) is 23.1 Å². The second-order valence-electron chi connectivity index (χ2n) is 4.75. The molecule has 1 aliphatic rings. The lowest BCUT2D eigenvalue weighted by Gasteiger charge is -2.18. The molecule has 0 radical (unpaired) electrons. The van der Waals surface area contributed by atoms with Gasteiger partial charge in [0.2, 0.25) is 11.8 Å². The largest absolute Gasteiger partial charge is 0.326 e. The van der Waals surface area contributed by atoms with Crippen LogP contribution in [-0.4, -0.2) is 30.7 Å². The zero-order valence-corrected chi connectivity index (χ0v) is 12.5. The summed E-state index contributed by atoms with van der Waals surface area (Å²) in [6.45, 7) is 5.39. The fourth-order valence-corrected chi connectivity index (χ4v) is 2.67. The van der Waals surface area contributed by atoms with Gasteiger partial charge in [0.15, 0.2) is 0 Å². The summed E-state index contributed by atoms with van der Waals surface area (Å²) < 4.78 is 0. The van der Waals surface area contributed by atoms with Crippen molar-refractivity contribution in [2.75, 3.05) is 29.5 Å². The summed E-state index contributed by atoms with van der Waals surface area (Å²) in [6.07, 6.45) is 0. The molecule has 6 heteroatoms. The van der Waals surface area contributed by atoms with Gasteiger partial charge in [-0.05, 0) is 24.7 Å². The molecular formula is C14H19N3O2S. The number of hydrogen-bond acceptors (Lipinski definition) is 4. The zero-order valence-electron chi connectivity index (χ0n) is 11.7. The fourth-order valence-electron chi connectivity index (χ4n) is 1.88. The number of benzene rings is 1. The lowest BCUT2D eigenvalue weighted by atomic mass is 10.1. The number of carbonyl (C=O) groups excluding carboxylic acids is 2. The lowest BCUT2D eigenvalue weighted by molar-refractivity contribution is -0.119. The van der Waals surface area contributed by atoms with E-state index in [0.717, 1.165) is 17.1 Å². The number of nitrogens with one attached hydrogen (secondary N) is 3. The van der Waals surface area contributed by atoms with Gasteiger partial charge >= 0.3 is 0 Å². The summed E-state index contributed by atoms with van der Waals surface area (Å²) in [5, 5.41) is 8.84. The van der Waals surface area contributed by atoms with Crippen LogP contribution in [-0.2, 0) is 9.59 Å². The van der Waals surface area contributed by atoms with Gasteiger partial charge in [-0.3, -0.25) is 9.59 Å². The summed E-state index contributed by atoms with van der Waals surface area (Å²) >= 11 is 1.51. The van der Waals surface area contributed by atoms with E-state index in [2.05, 4.69) is 16.0 Å². The van der Waals surface area contributed by atoms with Gasteiger partial charge in [-0.25, -0.2) is 0 Å². The maximum Gasteiger partial charge on any atom is 0.234 e. The molecule has 0 fully saturated rings. The molecule has 1 heterocycles. The van der Waals surface area contributed by atoms with Gasteiger partial charge < -0.3 is 16.0 Å². The van der Waals surface area contributed by atoms with Crippen molar-refractivity contribution in [2.45, 2.75) is 18.7 Å². The topological polar surface area (TPSA) is 70.2 Å². The van der Waals surface area contributed by atoms with Crippen molar-refractivity contribution in [1.29, 1.82) is 0 Å². The lowest BCUT2D eigenvalue weighted by Crippen LogP contribution is -2.30. The number of amides is 2. The molecule has 1 atom stereocenters. The summed E-state index contributed by atoms with van der Waals surface area (Å²) in [5.74, 6) is 0.306. The van der Waals surface area contributed by atoms with Gasteiger partial charge in [0.1, 0.15) is 0 Å². The predicted molar refractivity (Wildman–Crippen MR) is 82.1 cm³/mol. The van der Waals surface area contributed by atoms with Gasteiger partial charge in [-0.2, -0.15) is 0 Å². The van der Waals surface area contributed by atoms with Crippen LogP contribution in [0.3, 0.4) is 0 Å². The van der Waals surface area contributed by atoms with E-state index in [9.17, 15) is 9.59 Å². The average Bonchev–Trinajstić information content (AvgIpc) is 2.44. The van der Waals surface area contributed by atoms with Gasteiger partial charge in [0.25, 0.3) is 0 Å². The number of fused-ring (bicyclic) bond motifs is 1. The van der Waals surface area contributed by atoms with Crippen LogP contribution < -0.4 is 16.0 Å². The molecule has 0 saturated heterocycles. The van der Waals surface area contributed by atoms with Crippen molar-refractivity contribution < 1.29 is 9.59 Å². The first-order valence-corrected chi connectivity index (χ1v) is 7.67. The molecule has 2 amide bonds. The number of rotatable bonds is 5. The molecule has 3 N–H and O–H groups in total. The van der Waals surface area contributed by atoms with E-state index in [1.807, 2.05) is 26.0 Å². The molecule has 2 rings (SSSR count). The standard InChI is InChI=1S/C14H19N3O2S/c1-3-15-7-9(2)14(19)16-10-4-5-12-11(6-10)17-13(18)8-20-12/h4-6,9,15H,3,7-8H2,1-2H3,(H,16,19)(H,17,18). The maximum absolute atomic E-state index is 12.0. The van der Waals surface area contributed by atoms with Gasteiger partial charge in [0, 0.05) is 23.0 Å². The minimum Gasteiger partial charge on any atom is -0.326 e. The second-order valence-corrected chi connectivity index (χ2v) is 5.76. The number of carbonyl (C=O) groups is 2. The summed E-state index contributed by atoms with van der Waals surface area (Å²) in [5.41, 5.74) is 1.48. The smallest absolute Gasteiger partial charge is 0.234 e. The highest BCUT2D eigenvalue weighted by molar-refractivity contribution is 8.00. The van der Waals surface area contributed by atoms with Crippen molar-refractivity contribution in [3.63, 3.8) is 0 Å². The molecule has 0 saturated carbocycles.